The summed E-state index contributed by atoms with van der Waals surface area (Å²) < 4.78 is 71.7. The Morgan fingerprint density at radius 3 is 2.45 bits per heavy atom. The maximum absolute atomic E-state index is 15.0. The summed E-state index contributed by atoms with van der Waals surface area (Å²) >= 11 is 5.78. The summed E-state index contributed by atoms with van der Waals surface area (Å²) in [5.41, 5.74) is -0.117. The van der Waals surface area contributed by atoms with Crippen molar-refractivity contribution in [3.63, 3.8) is 0 Å². The van der Waals surface area contributed by atoms with E-state index >= 15 is 0 Å². The van der Waals surface area contributed by atoms with Gasteiger partial charge in [-0.05, 0) is 36.5 Å². The molecule has 1 fully saturated rings. The van der Waals surface area contributed by atoms with E-state index in [-0.39, 0.29) is 98.6 Å². The number of methoxy groups -OCH3 is 2. The number of halogens is 5. The molecule has 0 saturated heterocycles. The molecule has 15 heteroatoms. The predicted octanol–water partition coefficient (Wildman–Crippen LogP) is 3.03. The first-order valence-corrected chi connectivity index (χ1v) is 12.0. The first-order valence-electron chi connectivity index (χ1n) is 11.6. The van der Waals surface area contributed by atoms with Crippen LogP contribution in [0.4, 0.5) is 17.6 Å². The largest absolute Gasteiger partial charge is 1.00 e. The van der Waals surface area contributed by atoms with Gasteiger partial charge in [-0.15, -0.1) is 12.7 Å². The quantitative estimate of drug-likeness (QED) is 0.174. The predicted molar refractivity (Wildman–Crippen MR) is 135 cm³/mol. The summed E-state index contributed by atoms with van der Waals surface area (Å²) in [6.07, 6.45) is -1.55. The van der Waals surface area contributed by atoms with E-state index in [1.54, 1.807) is 7.05 Å². The van der Waals surface area contributed by atoms with E-state index in [0.717, 1.165) is 23.5 Å². The molecule has 3 aromatic rings. The van der Waals surface area contributed by atoms with Gasteiger partial charge in [0.15, 0.2) is 17.3 Å². The van der Waals surface area contributed by atoms with Crippen molar-refractivity contribution < 1.29 is 83.2 Å². The van der Waals surface area contributed by atoms with Gasteiger partial charge in [0.2, 0.25) is 5.90 Å². The van der Waals surface area contributed by atoms with Crippen LogP contribution in [0.3, 0.4) is 0 Å². The van der Waals surface area contributed by atoms with E-state index in [2.05, 4.69) is 20.3 Å². The Morgan fingerprint density at radius 1 is 1.23 bits per heavy atom. The van der Waals surface area contributed by atoms with Crippen LogP contribution in [0.1, 0.15) is 29.9 Å². The minimum Gasteiger partial charge on any atom is -0.689 e. The molecule has 0 amide bonds. The van der Waals surface area contributed by atoms with Crippen molar-refractivity contribution in [2.24, 2.45) is 13.0 Å². The van der Waals surface area contributed by atoms with Gasteiger partial charge < -0.3 is 24.1 Å². The molecule has 1 N–H and O–H groups in total. The number of nitrogens with zero attached hydrogens (tertiary/aromatic N) is 5. The zero-order valence-corrected chi connectivity index (χ0v) is 26.2. The molecule has 2 heterocycles. The Labute approximate surface area is 275 Å². The van der Waals surface area contributed by atoms with Crippen LogP contribution in [0.25, 0.3) is 22.3 Å². The van der Waals surface area contributed by atoms with Crippen LogP contribution in [-0.2, 0) is 24.6 Å². The third kappa shape index (κ3) is 6.79. The summed E-state index contributed by atoms with van der Waals surface area (Å²) in [5, 5.41) is 11.9. The van der Waals surface area contributed by atoms with Crippen LogP contribution in [0.15, 0.2) is 30.1 Å². The zero-order chi connectivity index (χ0) is 28.5. The fourth-order valence-electron chi connectivity index (χ4n) is 3.89. The molecule has 1 saturated carbocycles. The Balaban J connectivity index is 0.00000441. The molecule has 0 radical (unpaired) electrons. The average molecular weight is 607 g/mol. The SMILES string of the molecule is C[N-]/C(=C(\C(=N)OC)c1ncc(OC)c(OCc2ccc(-c3nc(C(F)(F)F)c(Cl)n3C)c(F)c2)n1)C1CC1.[K+]. The molecule has 1 aromatic carbocycles. The van der Waals surface area contributed by atoms with Gasteiger partial charge in [-0.1, -0.05) is 17.7 Å². The monoisotopic (exact) mass is 606 g/mol. The van der Waals surface area contributed by atoms with Crippen LogP contribution in [0.2, 0.25) is 5.15 Å². The molecular formula is C25H24ClF4KN6O3. The number of allylic oxidation sites excluding steroid dienone is 1. The van der Waals surface area contributed by atoms with Crippen LogP contribution < -0.4 is 60.9 Å². The summed E-state index contributed by atoms with van der Waals surface area (Å²) in [7, 11) is 5.66. The molecule has 0 unspecified atom stereocenters. The van der Waals surface area contributed by atoms with Gasteiger partial charge in [0.05, 0.1) is 31.6 Å². The number of ether oxygens (including phenoxy) is 3. The molecule has 2 aromatic heterocycles. The van der Waals surface area contributed by atoms with Crippen molar-refractivity contribution in [2.75, 3.05) is 21.3 Å². The van der Waals surface area contributed by atoms with Crippen molar-refractivity contribution >= 4 is 23.1 Å². The van der Waals surface area contributed by atoms with E-state index in [4.69, 9.17) is 31.2 Å². The third-order valence-electron chi connectivity index (χ3n) is 6.00. The van der Waals surface area contributed by atoms with Crippen LogP contribution in [0, 0.1) is 17.1 Å². The maximum Gasteiger partial charge on any atom is 1.00 e. The van der Waals surface area contributed by atoms with Crippen LogP contribution in [-0.4, -0.2) is 46.7 Å². The zero-order valence-electron chi connectivity index (χ0n) is 22.4. The second-order valence-corrected chi connectivity index (χ2v) is 8.95. The Bertz CT molecular complexity index is 1440. The topological polar surface area (TPSA) is 109 Å². The summed E-state index contributed by atoms with van der Waals surface area (Å²) in [5.74, 6) is -0.682. The number of hydrogen-bond acceptors (Lipinski definition) is 7. The molecule has 40 heavy (non-hydrogen) atoms. The van der Waals surface area contributed by atoms with Gasteiger partial charge in [0.25, 0.3) is 5.88 Å². The van der Waals surface area contributed by atoms with Crippen molar-refractivity contribution in [3.05, 3.63) is 63.5 Å². The van der Waals surface area contributed by atoms with E-state index in [9.17, 15) is 17.6 Å². The van der Waals surface area contributed by atoms with E-state index in [1.165, 1.54) is 39.6 Å². The van der Waals surface area contributed by atoms with Gasteiger partial charge in [-0.25, -0.2) is 14.4 Å². The summed E-state index contributed by atoms with van der Waals surface area (Å²) in [6, 6.07) is 3.89. The van der Waals surface area contributed by atoms with E-state index in [1.807, 2.05) is 0 Å². The fourth-order valence-corrected chi connectivity index (χ4v) is 4.12. The van der Waals surface area contributed by atoms with Gasteiger partial charge in [-0.2, -0.15) is 18.2 Å². The number of benzene rings is 1. The van der Waals surface area contributed by atoms with Gasteiger partial charge in [0.1, 0.15) is 23.4 Å². The molecule has 1 aliphatic carbocycles. The molecule has 9 nitrogen and oxygen atoms in total. The number of hydrogen-bond donors (Lipinski definition) is 1. The van der Waals surface area contributed by atoms with Gasteiger partial charge in [-0.3, -0.25) is 5.41 Å². The first-order chi connectivity index (χ1) is 18.5. The average Bonchev–Trinajstić information content (AvgIpc) is 3.70. The Hall–Kier alpha value is -2.23. The van der Waals surface area contributed by atoms with E-state index < -0.39 is 22.8 Å². The second kappa shape index (κ2) is 13.2. The maximum atomic E-state index is 15.0. The number of nitrogens with one attached hydrogen (secondary N) is 1. The summed E-state index contributed by atoms with van der Waals surface area (Å²) in [4.78, 5) is 12.2. The third-order valence-corrected chi connectivity index (χ3v) is 6.43. The number of imidazole rings is 1. The molecule has 0 atom stereocenters. The van der Waals surface area contributed by atoms with Crippen molar-refractivity contribution in [2.45, 2.75) is 25.6 Å². The van der Waals surface area contributed by atoms with Crippen LogP contribution >= 0.6 is 11.6 Å². The normalized spacial score (nSPS) is 13.7. The number of rotatable bonds is 9. The molecule has 1 aliphatic rings. The second-order valence-electron chi connectivity index (χ2n) is 8.59. The molecule has 0 bridgehead atoms. The molecule has 0 spiro atoms. The molecule has 208 valence electrons. The standard InChI is InChI=1S/C25H24ClF4N6O3.K/c1-32-18(13-6-7-13)17(21(31)38-4)22-33-10-16(37-3)24(35-22)39-11-12-5-8-14(15(27)9-12)23-34-19(25(28,29)30)20(26)36(23)2;/h5,8-10,13,31H,6-7,11H2,1-4H3;/q-1;+1/b18-17+,31-21?;. The molecule has 0 aliphatic heterocycles. The smallest absolute Gasteiger partial charge is 0.689 e. The number of aromatic nitrogens is 4. The minimum absolute atomic E-state index is 0. The van der Waals surface area contributed by atoms with Crippen molar-refractivity contribution in [1.29, 1.82) is 5.41 Å². The van der Waals surface area contributed by atoms with Crippen LogP contribution in [0.5, 0.6) is 11.6 Å². The summed E-state index contributed by atoms with van der Waals surface area (Å²) in [6.45, 7) is -0.159. The van der Waals surface area contributed by atoms with Crippen molar-refractivity contribution in [1.82, 2.24) is 19.5 Å². The Kier molecular flexibility index (Phi) is 10.6. The molecule has 4 rings (SSSR count). The fraction of sp³-hybridized carbons (Fsp3) is 0.360. The first kappa shape index (κ1) is 32.3. The molecular weight excluding hydrogens is 583 g/mol. The number of alkyl halides is 3. The van der Waals surface area contributed by atoms with E-state index in [0.29, 0.717) is 16.8 Å². The van der Waals surface area contributed by atoms with Crippen molar-refractivity contribution in [3.8, 4) is 23.0 Å². The van der Waals surface area contributed by atoms with Gasteiger partial charge >= 0.3 is 57.6 Å². The van der Waals surface area contributed by atoms with Gasteiger partial charge in [0, 0.05) is 7.05 Å². The Morgan fingerprint density at radius 2 is 1.93 bits per heavy atom. The minimum atomic E-state index is -4.78.